The third-order valence-electron chi connectivity index (χ3n) is 5.45. The van der Waals surface area contributed by atoms with Crippen LogP contribution in [-0.2, 0) is 0 Å². The molecule has 2 heterocycles. The van der Waals surface area contributed by atoms with Gasteiger partial charge in [-0.3, -0.25) is 4.79 Å². The van der Waals surface area contributed by atoms with E-state index in [0.29, 0.717) is 25.7 Å². The first-order valence-corrected chi connectivity index (χ1v) is 11.1. The van der Waals surface area contributed by atoms with Crippen LogP contribution in [0.3, 0.4) is 0 Å². The largest absolute Gasteiger partial charge is 0.506 e. The fourth-order valence-corrected chi connectivity index (χ4v) is 5.33. The summed E-state index contributed by atoms with van der Waals surface area (Å²) in [6.45, 7) is 0. The molecule has 2 N–H and O–H groups in total. The number of ether oxygens (including phenoxy) is 1. The first-order chi connectivity index (χ1) is 15.6. The van der Waals surface area contributed by atoms with Crippen molar-refractivity contribution in [2.24, 2.45) is 0 Å². The monoisotopic (exact) mass is 459 g/mol. The average molecular weight is 460 g/mol. The Morgan fingerprint density at radius 2 is 1.47 bits per heavy atom. The molecule has 5 rings (SSSR count). The van der Waals surface area contributed by atoms with Gasteiger partial charge in [0.15, 0.2) is 0 Å². The van der Waals surface area contributed by atoms with E-state index < -0.39 is 0 Å². The van der Waals surface area contributed by atoms with Gasteiger partial charge < -0.3 is 14.8 Å². The highest BCUT2D eigenvalue weighted by atomic mass is 35.5. The zero-order valence-corrected chi connectivity index (χ0v) is 18.6. The molecule has 0 aliphatic rings. The summed E-state index contributed by atoms with van der Waals surface area (Å²) in [5.41, 5.74) is 4.07. The van der Waals surface area contributed by atoms with Crippen LogP contribution in [0.25, 0.3) is 43.6 Å². The third kappa shape index (κ3) is 3.36. The van der Waals surface area contributed by atoms with Crippen LogP contribution < -0.4 is 10.3 Å². The summed E-state index contributed by atoms with van der Waals surface area (Å²) in [6.07, 6.45) is 0. The van der Waals surface area contributed by atoms with E-state index in [1.165, 1.54) is 11.3 Å². The molecule has 0 amide bonds. The number of para-hydroxylation sites is 1. The Hall–Kier alpha value is -3.54. The number of methoxy groups -OCH3 is 1. The lowest BCUT2D eigenvalue weighted by molar-refractivity contribution is 0.416. The molecule has 0 aliphatic heterocycles. The highest BCUT2D eigenvalue weighted by molar-refractivity contribution is 7.23. The van der Waals surface area contributed by atoms with Crippen LogP contribution in [0.2, 0.25) is 4.34 Å². The molecule has 0 atom stereocenters. The minimum Gasteiger partial charge on any atom is -0.506 e. The molecule has 0 saturated carbocycles. The zero-order chi connectivity index (χ0) is 22.2. The summed E-state index contributed by atoms with van der Waals surface area (Å²) in [7, 11) is 1.65. The van der Waals surface area contributed by atoms with Crippen LogP contribution in [0, 0.1) is 0 Å². The standard InChI is InChI=1S/C26H18ClNO3S/c1-31-19-10-6-5-9-18(19)15-11-13-17(14-12-15)20-22-23(29)21(16-7-3-2-4-8-16)25(30)28-26(22)32-24(20)27/h2-14H,1H3,(H2,28,29,30). The second kappa shape index (κ2) is 8.19. The number of halogens is 1. The Balaban J connectivity index is 1.68. The zero-order valence-electron chi connectivity index (χ0n) is 17.1. The number of aromatic nitrogens is 1. The predicted molar refractivity (Wildman–Crippen MR) is 132 cm³/mol. The Morgan fingerprint density at radius 3 is 2.19 bits per heavy atom. The van der Waals surface area contributed by atoms with E-state index in [0.717, 1.165) is 22.4 Å². The minimum atomic E-state index is -0.350. The molecule has 158 valence electrons. The van der Waals surface area contributed by atoms with Crippen LogP contribution in [0.4, 0.5) is 0 Å². The van der Waals surface area contributed by atoms with Gasteiger partial charge in [0.05, 0.1) is 18.1 Å². The summed E-state index contributed by atoms with van der Waals surface area (Å²) in [6, 6.07) is 24.9. The Morgan fingerprint density at radius 1 is 0.844 bits per heavy atom. The first-order valence-electron chi connectivity index (χ1n) is 9.95. The van der Waals surface area contributed by atoms with Gasteiger partial charge in [-0.15, -0.1) is 11.3 Å². The van der Waals surface area contributed by atoms with Crippen LogP contribution in [0.5, 0.6) is 11.5 Å². The Labute approximate surface area is 193 Å². The molecule has 2 aromatic heterocycles. The molecule has 0 bridgehead atoms. The number of hydrogen-bond acceptors (Lipinski definition) is 4. The van der Waals surface area contributed by atoms with Gasteiger partial charge in [-0.25, -0.2) is 0 Å². The van der Waals surface area contributed by atoms with Crippen molar-refractivity contribution in [3.05, 3.63) is 93.6 Å². The lowest BCUT2D eigenvalue weighted by atomic mass is 9.98. The lowest BCUT2D eigenvalue weighted by Gasteiger charge is -2.10. The molecule has 0 aliphatic carbocycles. The van der Waals surface area contributed by atoms with Crippen molar-refractivity contribution in [2.45, 2.75) is 0 Å². The molecule has 6 heteroatoms. The van der Waals surface area contributed by atoms with Crippen molar-refractivity contribution < 1.29 is 9.84 Å². The summed E-state index contributed by atoms with van der Waals surface area (Å²) < 4.78 is 5.98. The summed E-state index contributed by atoms with van der Waals surface area (Å²) in [5.74, 6) is 0.726. The molecule has 32 heavy (non-hydrogen) atoms. The lowest BCUT2D eigenvalue weighted by Crippen LogP contribution is -2.08. The number of hydrogen-bond donors (Lipinski definition) is 2. The highest BCUT2D eigenvalue weighted by Gasteiger charge is 2.22. The summed E-state index contributed by atoms with van der Waals surface area (Å²) in [5, 5.41) is 11.7. The number of fused-ring (bicyclic) bond motifs is 1. The SMILES string of the molecule is COc1ccccc1-c1ccc(-c2c(Cl)sc3[nH]c(=O)c(-c4ccccc4)c(O)c23)cc1. The Kier molecular flexibility index (Phi) is 5.21. The van der Waals surface area contributed by atoms with E-state index in [1.54, 1.807) is 19.2 Å². The van der Waals surface area contributed by atoms with E-state index in [1.807, 2.05) is 66.7 Å². The van der Waals surface area contributed by atoms with Crippen LogP contribution in [-0.4, -0.2) is 17.2 Å². The molecule has 5 aromatic rings. The van der Waals surface area contributed by atoms with Crippen molar-refractivity contribution in [2.75, 3.05) is 7.11 Å². The topological polar surface area (TPSA) is 62.3 Å². The van der Waals surface area contributed by atoms with Gasteiger partial charge in [-0.1, -0.05) is 84.4 Å². The Bertz CT molecular complexity index is 1490. The van der Waals surface area contributed by atoms with Crippen molar-refractivity contribution in [3.8, 4) is 44.9 Å². The maximum atomic E-state index is 12.7. The van der Waals surface area contributed by atoms with Gasteiger partial charge in [0.2, 0.25) is 0 Å². The molecule has 0 radical (unpaired) electrons. The summed E-state index contributed by atoms with van der Waals surface area (Å²) >= 11 is 7.84. The molecule has 0 fully saturated rings. The number of aromatic amines is 1. The molecule has 0 spiro atoms. The predicted octanol–water partition coefficient (Wildman–Crippen LogP) is 6.96. The van der Waals surface area contributed by atoms with Crippen molar-refractivity contribution in [3.63, 3.8) is 0 Å². The average Bonchev–Trinajstić information content (AvgIpc) is 3.15. The maximum absolute atomic E-state index is 12.7. The number of aromatic hydroxyl groups is 1. The normalized spacial score (nSPS) is 11.1. The number of rotatable bonds is 4. The third-order valence-corrected chi connectivity index (χ3v) is 6.76. The summed E-state index contributed by atoms with van der Waals surface area (Å²) in [4.78, 5) is 16.1. The molecular weight excluding hydrogens is 442 g/mol. The van der Waals surface area contributed by atoms with Crippen molar-refractivity contribution in [1.82, 2.24) is 4.98 Å². The first kappa shape index (κ1) is 20.4. The number of thiophene rings is 1. The molecule has 0 saturated heterocycles. The fraction of sp³-hybridized carbons (Fsp3) is 0.0385. The van der Waals surface area contributed by atoms with Crippen molar-refractivity contribution >= 4 is 33.2 Å². The van der Waals surface area contributed by atoms with Gasteiger partial charge in [-0.05, 0) is 22.8 Å². The van der Waals surface area contributed by atoms with Gasteiger partial charge >= 0.3 is 0 Å². The molecule has 0 unspecified atom stereocenters. The minimum absolute atomic E-state index is 0.0677. The van der Waals surface area contributed by atoms with E-state index >= 15 is 0 Å². The molecule has 4 nitrogen and oxygen atoms in total. The number of H-pyrrole nitrogens is 1. The number of benzene rings is 3. The molecule has 3 aromatic carbocycles. The molecular formula is C26H18ClNO3S. The quantitative estimate of drug-likeness (QED) is 0.305. The smallest absolute Gasteiger partial charge is 0.260 e. The second-order valence-electron chi connectivity index (χ2n) is 7.28. The van der Waals surface area contributed by atoms with Gasteiger partial charge in [0.1, 0.15) is 20.7 Å². The highest BCUT2D eigenvalue weighted by Crippen LogP contribution is 2.47. The van der Waals surface area contributed by atoms with Gasteiger partial charge in [0, 0.05) is 11.1 Å². The second-order valence-corrected chi connectivity index (χ2v) is 8.90. The van der Waals surface area contributed by atoms with E-state index in [4.69, 9.17) is 16.3 Å². The van der Waals surface area contributed by atoms with Crippen LogP contribution >= 0.6 is 22.9 Å². The maximum Gasteiger partial charge on any atom is 0.260 e. The van der Waals surface area contributed by atoms with Gasteiger partial charge in [-0.2, -0.15) is 0 Å². The van der Waals surface area contributed by atoms with Gasteiger partial charge in [0.25, 0.3) is 5.56 Å². The van der Waals surface area contributed by atoms with E-state index in [2.05, 4.69) is 4.98 Å². The van der Waals surface area contributed by atoms with Crippen LogP contribution in [0.15, 0.2) is 83.7 Å². The number of nitrogens with one attached hydrogen (secondary N) is 1. The van der Waals surface area contributed by atoms with E-state index in [-0.39, 0.29) is 16.9 Å². The number of pyridine rings is 1. The fourth-order valence-electron chi connectivity index (χ4n) is 3.95. The van der Waals surface area contributed by atoms with E-state index in [9.17, 15) is 9.90 Å². The van der Waals surface area contributed by atoms with Crippen molar-refractivity contribution in [1.29, 1.82) is 0 Å². The van der Waals surface area contributed by atoms with Crippen LogP contribution in [0.1, 0.15) is 0 Å².